The van der Waals surface area contributed by atoms with Crippen molar-refractivity contribution in [3.8, 4) is 0 Å². The molecule has 0 atom stereocenters. The lowest BCUT2D eigenvalue weighted by molar-refractivity contribution is 1.33. The lowest BCUT2D eigenvalue weighted by Gasteiger charge is -1.94. The van der Waals surface area contributed by atoms with Gasteiger partial charge in [-0.05, 0) is 28.7 Å². The monoisotopic (exact) mass is 278 g/mol. The highest BCUT2D eigenvalue weighted by Crippen LogP contribution is 2.23. The summed E-state index contributed by atoms with van der Waals surface area (Å²) in [6.45, 7) is 0. The van der Waals surface area contributed by atoms with E-state index < -0.39 is 0 Å². The van der Waals surface area contributed by atoms with Crippen molar-refractivity contribution in [2.24, 2.45) is 0 Å². The van der Waals surface area contributed by atoms with Crippen LogP contribution in [0.15, 0.2) is 18.5 Å². The van der Waals surface area contributed by atoms with E-state index in [4.69, 9.17) is 11.6 Å². The maximum absolute atomic E-state index is 5.81. The molecule has 2 heterocycles. The lowest BCUT2D eigenvalue weighted by atomic mass is 10.3. The van der Waals surface area contributed by atoms with Gasteiger partial charge in [-0.3, -0.25) is 0 Å². The minimum absolute atomic E-state index is 0.556. The molecule has 2 rings (SSSR count). The maximum atomic E-state index is 5.81. The minimum Gasteiger partial charge on any atom is -0.360 e. The molecular weight excluding hydrogens is 274 g/mol. The summed E-state index contributed by atoms with van der Waals surface area (Å²) in [6.07, 6.45) is 3.64. The van der Waals surface area contributed by atoms with Crippen LogP contribution >= 0.6 is 34.2 Å². The number of H-pyrrole nitrogens is 1. The molecule has 0 fully saturated rings. The van der Waals surface area contributed by atoms with Gasteiger partial charge in [-0.15, -0.1) is 0 Å². The van der Waals surface area contributed by atoms with E-state index in [1.165, 1.54) is 0 Å². The second-order valence-corrected chi connectivity index (χ2v) is 3.61. The van der Waals surface area contributed by atoms with Crippen LogP contribution < -0.4 is 0 Å². The molecule has 0 aliphatic carbocycles. The van der Waals surface area contributed by atoms with Gasteiger partial charge in [0.05, 0.1) is 9.09 Å². The molecule has 11 heavy (non-hydrogen) atoms. The summed E-state index contributed by atoms with van der Waals surface area (Å²) in [5.41, 5.74) is 1.06. The second-order valence-electron chi connectivity index (χ2n) is 2.17. The van der Waals surface area contributed by atoms with Crippen molar-refractivity contribution in [3.63, 3.8) is 0 Å². The van der Waals surface area contributed by atoms with Crippen molar-refractivity contribution in [2.45, 2.75) is 0 Å². The third-order valence-corrected chi connectivity index (χ3v) is 3.15. The third kappa shape index (κ3) is 1.12. The van der Waals surface area contributed by atoms with Crippen molar-refractivity contribution in [1.29, 1.82) is 0 Å². The highest BCUT2D eigenvalue weighted by atomic mass is 127. The molecule has 0 aliphatic rings. The fourth-order valence-electron chi connectivity index (χ4n) is 0.965. The molecule has 56 valence electrons. The van der Waals surface area contributed by atoms with Crippen molar-refractivity contribution in [1.82, 2.24) is 9.97 Å². The van der Waals surface area contributed by atoms with Crippen LogP contribution in [-0.4, -0.2) is 9.97 Å². The smallest absolute Gasteiger partial charge is 0.144 e. The van der Waals surface area contributed by atoms with Gasteiger partial charge in [0, 0.05) is 17.8 Å². The molecule has 1 N–H and O–H groups in total. The number of nitrogens with one attached hydrogen (secondary N) is 1. The van der Waals surface area contributed by atoms with Crippen LogP contribution in [0.5, 0.6) is 0 Å². The highest BCUT2D eigenvalue weighted by Gasteiger charge is 2.03. The average molecular weight is 278 g/mol. The fraction of sp³-hybridized carbons (Fsp3) is 0. The number of aromatic amines is 1. The first-order valence-corrected chi connectivity index (χ1v) is 4.52. The first-order chi connectivity index (χ1) is 5.29. The molecule has 0 radical (unpaired) electrons. The Morgan fingerprint density at radius 1 is 1.55 bits per heavy atom. The van der Waals surface area contributed by atoms with Crippen LogP contribution in [0.3, 0.4) is 0 Å². The van der Waals surface area contributed by atoms with Crippen LogP contribution in [-0.2, 0) is 0 Å². The molecule has 2 aromatic rings. The van der Waals surface area contributed by atoms with Crippen LogP contribution in [0.2, 0.25) is 5.15 Å². The minimum atomic E-state index is 0.556. The number of halogens is 2. The van der Waals surface area contributed by atoms with Gasteiger partial charge < -0.3 is 4.98 Å². The number of rotatable bonds is 0. The topological polar surface area (TPSA) is 28.7 Å². The molecule has 0 aromatic carbocycles. The molecule has 0 amide bonds. The molecule has 0 spiro atoms. The summed E-state index contributed by atoms with van der Waals surface area (Å²) in [7, 11) is 0. The van der Waals surface area contributed by atoms with Gasteiger partial charge in [0.1, 0.15) is 5.15 Å². The standard InChI is InChI=1S/C7H4ClIN2/c8-7-5(9)6-4(3-11-7)1-2-10-6/h1-3,10H. The van der Waals surface area contributed by atoms with Crippen LogP contribution in [0, 0.1) is 3.57 Å². The van der Waals surface area contributed by atoms with Gasteiger partial charge in [-0.1, -0.05) is 11.6 Å². The van der Waals surface area contributed by atoms with Gasteiger partial charge in [0.25, 0.3) is 0 Å². The Morgan fingerprint density at radius 2 is 2.36 bits per heavy atom. The number of nitrogens with zero attached hydrogens (tertiary/aromatic N) is 1. The van der Waals surface area contributed by atoms with Crippen molar-refractivity contribution in [3.05, 3.63) is 27.2 Å². The Bertz CT molecular complexity index is 396. The predicted octanol–water partition coefficient (Wildman–Crippen LogP) is 2.82. The van der Waals surface area contributed by atoms with Gasteiger partial charge in [-0.2, -0.15) is 0 Å². The summed E-state index contributed by atoms with van der Waals surface area (Å²) in [5.74, 6) is 0. The van der Waals surface area contributed by atoms with E-state index in [0.717, 1.165) is 14.5 Å². The zero-order chi connectivity index (χ0) is 7.84. The Balaban J connectivity index is 2.93. The van der Waals surface area contributed by atoms with E-state index >= 15 is 0 Å². The Kier molecular flexibility index (Phi) is 1.77. The Hall–Kier alpha value is -0.290. The van der Waals surface area contributed by atoms with E-state index in [1.54, 1.807) is 6.20 Å². The van der Waals surface area contributed by atoms with E-state index in [1.807, 2.05) is 12.3 Å². The van der Waals surface area contributed by atoms with Crippen molar-refractivity contribution in [2.75, 3.05) is 0 Å². The Labute approximate surface area is 82.1 Å². The summed E-state index contributed by atoms with van der Waals surface area (Å²) in [6, 6.07) is 1.97. The van der Waals surface area contributed by atoms with E-state index in [9.17, 15) is 0 Å². The molecule has 0 unspecified atom stereocenters. The van der Waals surface area contributed by atoms with Crippen LogP contribution in [0.4, 0.5) is 0 Å². The third-order valence-electron chi connectivity index (χ3n) is 1.50. The number of hydrogen-bond acceptors (Lipinski definition) is 1. The van der Waals surface area contributed by atoms with E-state index in [0.29, 0.717) is 5.15 Å². The zero-order valence-corrected chi connectivity index (χ0v) is 8.35. The molecular formula is C7H4ClIN2. The molecule has 4 heteroatoms. The number of aromatic nitrogens is 2. The predicted molar refractivity (Wildman–Crippen MR) is 53.8 cm³/mol. The number of pyridine rings is 1. The summed E-state index contributed by atoms with van der Waals surface area (Å²) in [4.78, 5) is 7.11. The summed E-state index contributed by atoms with van der Waals surface area (Å²) < 4.78 is 0.978. The summed E-state index contributed by atoms with van der Waals surface area (Å²) in [5, 5.41) is 1.65. The highest BCUT2D eigenvalue weighted by molar-refractivity contribution is 14.1. The largest absolute Gasteiger partial charge is 0.360 e. The quantitative estimate of drug-likeness (QED) is 0.582. The van der Waals surface area contributed by atoms with Crippen molar-refractivity contribution < 1.29 is 0 Å². The van der Waals surface area contributed by atoms with E-state index in [-0.39, 0.29) is 0 Å². The zero-order valence-electron chi connectivity index (χ0n) is 5.44. The molecule has 2 aromatic heterocycles. The van der Waals surface area contributed by atoms with Crippen LogP contribution in [0.25, 0.3) is 10.9 Å². The molecule has 2 nitrogen and oxygen atoms in total. The van der Waals surface area contributed by atoms with Gasteiger partial charge in [0.2, 0.25) is 0 Å². The maximum Gasteiger partial charge on any atom is 0.144 e. The lowest BCUT2D eigenvalue weighted by Crippen LogP contribution is -1.81. The first-order valence-electron chi connectivity index (χ1n) is 3.06. The van der Waals surface area contributed by atoms with E-state index in [2.05, 4.69) is 32.6 Å². The van der Waals surface area contributed by atoms with Crippen LogP contribution in [0.1, 0.15) is 0 Å². The number of fused-ring (bicyclic) bond motifs is 1. The van der Waals surface area contributed by atoms with Crippen molar-refractivity contribution >= 4 is 45.1 Å². The van der Waals surface area contributed by atoms with Gasteiger partial charge >= 0.3 is 0 Å². The average Bonchev–Trinajstić information content (AvgIpc) is 2.45. The number of hydrogen-bond donors (Lipinski definition) is 1. The second kappa shape index (κ2) is 2.64. The van der Waals surface area contributed by atoms with Gasteiger partial charge in [-0.25, -0.2) is 4.98 Å². The molecule has 0 aliphatic heterocycles. The first kappa shape index (κ1) is 7.36. The molecule has 0 saturated heterocycles. The van der Waals surface area contributed by atoms with Gasteiger partial charge in [0.15, 0.2) is 0 Å². The fourth-order valence-corrected chi connectivity index (χ4v) is 1.71. The SMILES string of the molecule is Clc1ncc2cc[nH]c2c1I. The Morgan fingerprint density at radius 3 is 3.18 bits per heavy atom. The summed E-state index contributed by atoms with van der Waals surface area (Å²) >= 11 is 7.98. The molecule has 0 saturated carbocycles. The normalized spacial score (nSPS) is 10.7. The molecule has 0 bridgehead atoms.